The number of carbonyl (C=O) groups excluding carboxylic acids is 2. The Morgan fingerprint density at radius 3 is 2.50 bits per heavy atom. The van der Waals surface area contributed by atoms with Crippen LogP contribution >= 0.6 is 0 Å². The van der Waals surface area contributed by atoms with Gasteiger partial charge in [-0.2, -0.15) is 4.98 Å². The highest BCUT2D eigenvalue weighted by molar-refractivity contribution is 5.97. The van der Waals surface area contributed by atoms with Crippen molar-refractivity contribution in [1.29, 1.82) is 0 Å². The van der Waals surface area contributed by atoms with Gasteiger partial charge < -0.3 is 21.3 Å². The Morgan fingerprint density at radius 1 is 1.31 bits per heavy atom. The molecule has 1 aliphatic carbocycles. The zero-order chi connectivity index (χ0) is 19.3. The van der Waals surface area contributed by atoms with Crippen molar-refractivity contribution in [3.8, 4) is 0 Å². The Morgan fingerprint density at radius 2 is 1.96 bits per heavy atom. The first-order valence-electron chi connectivity index (χ1n) is 8.91. The zero-order valence-electron chi connectivity index (χ0n) is 15.7. The van der Waals surface area contributed by atoms with Crippen molar-refractivity contribution >= 4 is 23.6 Å². The summed E-state index contributed by atoms with van der Waals surface area (Å²) in [5.41, 5.74) is 6.35. The number of nitrogens with two attached hydrogens (primary N) is 1. The van der Waals surface area contributed by atoms with Crippen molar-refractivity contribution < 1.29 is 9.59 Å². The fourth-order valence-corrected chi connectivity index (χ4v) is 3.02. The number of anilines is 2. The van der Waals surface area contributed by atoms with Gasteiger partial charge in [0.15, 0.2) is 0 Å². The maximum absolute atomic E-state index is 12.1. The van der Waals surface area contributed by atoms with E-state index >= 15 is 0 Å². The van der Waals surface area contributed by atoms with Crippen LogP contribution in [0.3, 0.4) is 0 Å². The van der Waals surface area contributed by atoms with E-state index in [0.29, 0.717) is 18.2 Å². The molecule has 1 fully saturated rings. The second-order valence-electron chi connectivity index (χ2n) is 6.83. The third kappa shape index (κ3) is 4.93. The normalized spacial score (nSPS) is 19.5. The number of hydrogen-bond acceptors (Lipinski definition) is 6. The van der Waals surface area contributed by atoms with E-state index in [9.17, 15) is 9.59 Å². The molecule has 2 rings (SSSR count). The lowest BCUT2D eigenvalue weighted by Crippen LogP contribution is -2.35. The van der Waals surface area contributed by atoms with E-state index in [1.54, 1.807) is 19.0 Å². The molecule has 0 aromatic carbocycles. The third-order valence-electron chi connectivity index (χ3n) is 4.63. The monoisotopic (exact) mass is 360 g/mol. The van der Waals surface area contributed by atoms with Gasteiger partial charge in [-0.05, 0) is 32.1 Å². The molecule has 4 N–H and O–H groups in total. The van der Waals surface area contributed by atoms with Crippen molar-refractivity contribution in [2.24, 2.45) is 11.7 Å². The van der Waals surface area contributed by atoms with Crippen LogP contribution in [0.5, 0.6) is 0 Å². The van der Waals surface area contributed by atoms with Crippen LogP contribution in [0, 0.1) is 5.92 Å². The zero-order valence-corrected chi connectivity index (χ0v) is 15.7. The summed E-state index contributed by atoms with van der Waals surface area (Å²) in [4.78, 5) is 33.9. The maximum atomic E-state index is 12.1. The van der Waals surface area contributed by atoms with Crippen LogP contribution in [-0.2, 0) is 4.79 Å². The molecular weight excluding hydrogens is 332 g/mol. The minimum atomic E-state index is -0.592. The van der Waals surface area contributed by atoms with E-state index in [1.165, 1.54) is 6.20 Å². The lowest BCUT2D eigenvalue weighted by atomic mass is 9.85. The molecule has 0 spiro atoms. The topological polar surface area (TPSA) is 113 Å². The fourth-order valence-electron chi connectivity index (χ4n) is 3.02. The van der Waals surface area contributed by atoms with Gasteiger partial charge in [0.05, 0.1) is 0 Å². The summed E-state index contributed by atoms with van der Waals surface area (Å²) < 4.78 is 0. The maximum Gasteiger partial charge on any atom is 0.254 e. The van der Waals surface area contributed by atoms with Crippen LogP contribution in [0.4, 0.5) is 11.8 Å². The van der Waals surface area contributed by atoms with E-state index in [4.69, 9.17) is 5.73 Å². The smallest absolute Gasteiger partial charge is 0.254 e. The van der Waals surface area contributed by atoms with Crippen molar-refractivity contribution in [2.75, 3.05) is 24.7 Å². The van der Waals surface area contributed by atoms with Crippen LogP contribution in [-0.4, -0.2) is 46.8 Å². The lowest BCUT2D eigenvalue weighted by molar-refractivity contribution is -0.133. The number of allylic oxidation sites excluding steroid dienone is 1. The molecule has 2 amide bonds. The van der Waals surface area contributed by atoms with Gasteiger partial charge in [0.2, 0.25) is 11.9 Å². The molecule has 0 saturated heterocycles. The molecule has 0 unspecified atom stereocenters. The summed E-state index contributed by atoms with van der Waals surface area (Å²) in [5.74, 6) is 0.481. The Kier molecular flexibility index (Phi) is 6.54. The van der Waals surface area contributed by atoms with Gasteiger partial charge >= 0.3 is 0 Å². The molecule has 1 aromatic heterocycles. The number of carbonyl (C=O) groups is 2. The average molecular weight is 360 g/mol. The summed E-state index contributed by atoms with van der Waals surface area (Å²) in [5, 5.41) is 6.32. The molecule has 8 heteroatoms. The van der Waals surface area contributed by atoms with E-state index in [1.807, 2.05) is 6.92 Å². The van der Waals surface area contributed by atoms with Crippen molar-refractivity contribution in [1.82, 2.24) is 14.9 Å². The van der Waals surface area contributed by atoms with E-state index in [2.05, 4.69) is 27.2 Å². The molecule has 1 heterocycles. The van der Waals surface area contributed by atoms with Gasteiger partial charge in [0.25, 0.3) is 5.91 Å². The van der Waals surface area contributed by atoms with Crippen molar-refractivity contribution in [2.45, 2.75) is 45.1 Å². The molecule has 1 aromatic rings. The molecule has 1 saturated carbocycles. The van der Waals surface area contributed by atoms with Gasteiger partial charge in [-0.1, -0.05) is 13.5 Å². The molecule has 142 valence electrons. The van der Waals surface area contributed by atoms with Crippen LogP contribution < -0.4 is 16.4 Å². The Balaban J connectivity index is 2.04. The minimum Gasteiger partial charge on any atom is -0.365 e. The lowest BCUT2D eigenvalue weighted by Gasteiger charge is -2.30. The molecule has 0 atom stereocenters. The second-order valence-corrected chi connectivity index (χ2v) is 6.83. The molecular formula is C18H28N6O2. The van der Waals surface area contributed by atoms with Gasteiger partial charge in [0.1, 0.15) is 11.4 Å². The standard InChI is InChI=1S/C18H28N6O2/c1-5-11(2)21-16-14(15(19)25)10-20-18(23-16)22-13-8-6-12(7-9-13)17(26)24(3)4/h10,12-13H,2,5-9H2,1,3-4H3,(H2,19,25)(H2,20,21,22,23). The fraction of sp³-hybridized carbons (Fsp3) is 0.556. The number of nitrogens with zero attached hydrogens (tertiary/aromatic N) is 3. The van der Waals surface area contributed by atoms with E-state index < -0.39 is 5.91 Å². The second kappa shape index (κ2) is 8.64. The van der Waals surface area contributed by atoms with Gasteiger partial charge in [0, 0.05) is 37.9 Å². The number of aromatic nitrogens is 2. The summed E-state index contributed by atoms with van der Waals surface area (Å²) in [6.45, 7) is 5.82. The third-order valence-corrected chi connectivity index (χ3v) is 4.63. The summed E-state index contributed by atoms with van der Waals surface area (Å²) in [6, 6.07) is 0.197. The predicted molar refractivity (Wildman–Crippen MR) is 102 cm³/mol. The molecule has 0 radical (unpaired) electrons. The highest BCUT2D eigenvalue weighted by atomic mass is 16.2. The summed E-state index contributed by atoms with van der Waals surface area (Å²) >= 11 is 0. The van der Waals surface area contributed by atoms with E-state index in [-0.39, 0.29) is 23.4 Å². The number of amides is 2. The number of nitrogens with one attached hydrogen (secondary N) is 2. The van der Waals surface area contributed by atoms with Gasteiger partial charge in [-0.25, -0.2) is 4.98 Å². The summed E-state index contributed by atoms with van der Waals surface area (Å²) in [7, 11) is 3.58. The van der Waals surface area contributed by atoms with Crippen LogP contribution in [0.2, 0.25) is 0 Å². The average Bonchev–Trinajstić information content (AvgIpc) is 2.61. The number of rotatable bonds is 7. The van der Waals surface area contributed by atoms with Crippen LogP contribution in [0.25, 0.3) is 0 Å². The van der Waals surface area contributed by atoms with Gasteiger partial charge in [-0.3, -0.25) is 9.59 Å². The quantitative estimate of drug-likeness (QED) is 0.685. The first kappa shape index (κ1) is 19.7. The molecule has 26 heavy (non-hydrogen) atoms. The molecule has 0 bridgehead atoms. The van der Waals surface area contributed by atoms with Crippen LogP contribution in [0.1, 0.15) is 49.4 Å². The Hall–Kier alpha value is -2.64. The Bertz CT molecular complexity index is 680. The molecule has 0 aliphatic heterocycles. The molecule has 8 nitrogen and oxygen atoms in total. The number of primary amides is 1. The highest BCUT2D eigenvalue weighted by Gasteiger charge is 2.27. The SMILES string of the molecule is C=C(CC)Nc1nc(NC2CCC(C(=O)N(C)C)CC2)ncc1C(N)=O. The Labute approximate surface area is 154 Å². The van der Waals surface area contributed by atoms with Gasteiger partial charge in [-0.15, -0.1) is 0 Å². The predicted octanol–water partition coefficient (Wildman–Crippen LogP) is 1.97. The number of hydrogen-bond donors (Lipinski definition) is 3. The first-order chi connectivity index (χ1) is 12.3. The first-order valence-corrected chi connectivity index (χ1v) is 8.91. The largest absolute Gasteiger partial charge is 0.365 e. The molecule has 1 aliphatic rings. The minimum absolute atomic E-state index is 0.0892. The van der Waals surface area contributed by atoms with Crippen molar-refractivity contribution in [3.63, 3.8) is 0 Å². The summed E-state index contributed by atoms with van der Waals surface area (Å²) in [6.07, 6.45) is 5.54. The van der Waals surface area contributed by atoms with Crippen LogP contribution in [0.15, 0.2) is 18.5 Å². The van der Waals surface area contributed by atoms with Crippen molar-refractivity contribution in [3.05, 3.63) is 24.0 Å². The highest BCUT2D eigenvalue weighted by Crippen LogP contribution is 2.27. The van der Waals surface area contributed by atoms with E-state index in [0.717, 1.165) is 31.4 Å².